The molecule has 2 heterocycles. The van der Waals surface area contributed by atoms with Gasteiger partial charge in [-0.3, -0.25) is 0 Å². The molecule has 0 radical (unpaired) electrons. The number of fused-ring (bicyclic) bond motifs is 1. The first kappa shape index (κ1) is 5.83. The van der Waals surface area contributed by atoms with Gasteiger partial charge in [0.25, 0.3) is 11.6 Å². The standard InChI is InChI=1S/C4H5N5O2/c5-3-7-1(10)2-9(3)8-4(6)11-2/h10H,(H2,5,7)(H2,6,8). The number of aromatic hydroxyl groups is 1. The summed E-state index contributed by atoms with van der Waals surface area (Å²) in [6.07, 6.45) is 0. The van der Waals surface area contributed by atoms with Crippen LogP contribution in [0, 0.1) is 0 Å². The van der Waals surface area contributed by atoms with Crippen molar-refractivity contribution in [1.82, 2.24) is 14.6 Å². The average molecular weight is 155 g/mol. The molecule has 0 fully saturated rings. The molecule has 0 saturated heterocycles. The number of imidazole rings is 1. The zero-order valence-corrected chi connectivity index (χ0v) is 5.35. The molecule has 0 unspecified atom stereocenters. The summed E-state index contributed by atoms with van der Waals surface area (Å²) in [5.41, 5.74) is 10.5. The Kier molecular flexibility index (Phi) is 0.831. The Labute approximate surface area is 60.2 Å². The van der Waals surface area contributed by atoms with Gasteiger partial charge in [-0.25, -0.2) is 0 Å². The van der Waals surface area contributed by atoms with Crippen molar-refractivity contribution in [3.05, 3.63) is 0 Å². The van der Waals surface area contributed by atoms with E-state index in [2.05, 4.69) is 10.1 Å². The van der Waals surface area contributed by atoms with Crippen LogP contribution >= 0.6 is 0 Å². The van der Waals surface area contributed by atoms with E-state index in [1.807, 2.05) is 0 Å². The first-order valence-electron chi connectivity index (χ1n) is 2.78. The number of rotatable bonds is 0. The molecular weight excluding hydrogens is 150 g/mol. The fraction of sp³-hybridized carbons (Fsp3) is 0. The molecule has 2 aromatic heterocycles. The molecule has 7 heteroatoms. The summed E-state index contributed by atoms with van der Waals surface area (Å²) in [4.78, 5) is 3.48. The second-order valence-corrected chi connectivity index (χ2v) is 1.95. The zero-order chi connectivity index (χ0) is 8.01. The topological polar surface area (TPSA) is 116 Å². The number of hydrogen-bond acceptors (Lipinski definition) is 6. The molecule has 0 amide bonds. The van der Waals surface area contributed by atoms with Gasteiger partial charge in [0.2, 0.25) is 5.95 Å². The summed E-state index contributed by atoms with van der Waals surface area (Å²) in [7, 11) is 0. The van der Waals surface area contributed by atoms with E-state index in [-0.39, 0.29) is 23.6 Å². The molecule has 5 N–H and O–H groups in total. The Morgan fingerprint density at radius 3 is 2.82 bits per heavy atom. The molecule has 2 aromatic rings. The smallest absolute Gasteiger partial charge is 0.311 e. The van der Waals surface area contributed by atoms with Crippen LogP contribution in [-0.4, -0.2) is 19.7 Å². The maximum Gasteiger partial charge on any atom is 0.311 e. The molecule has 0 aliphatic carbocycles. The molecule has 0 bridgehead atoms. The van der Waals surface area contributed by atoms with E-state index in [0.29, 0.717) is 0 Å². The van der Waals surface area contributed by atoms with Crippen LogP contribution in [-0.2, 0) is 0 Å². The van der Waals surface area contributed by atoms with Gasteiger partial charge in [0.05, 0.1) is 0 Å². The predicted octanol–water partition coefficient (Wildman–Crippen LogP) is -0.808. The number of nitrogen functional groups attached to an aromatic ring is 2. The van der Waals surface area contributed by atoms with Crippen LogP contribution in [0.4, 0.5) is 12.0 Å². The third kappa shape index (κ3) is 0.613. The maximum absolute atomic E-state index is 9.00. The minimum Gasteiger partial charge on any atom is -0.489 e. The monoisotopic (exact) mass is 155 g/mol. The fourth-order valence-corrected chi connectivity index (χ4v) is 0.806. The predicted molar refractivity (Wildman–Crippen MR) is 35.7 cm³/mol. The van der Waals surface area contributed by atoms with E-state index in [9.17, 15) is 0 Å². The zero-order valence-electron chi connectivity index (χ0n) is 5.35. The van der Waals surface area contributed by atoms with Crippen LogP contribution in [0.1, 0.15) is 0 Å². The van der Waals surface area contributed by atoms with Gasteiger partial charge in [-0.1, -0.05) is 0 Å². The molecule has 0 spiro atoms. The van der Waals surface area contributed by atoms with Crippen molar-refractivity contribution < 1.29 is 9.52 Å². The number of aromatic nitrogens is 3. The van der Waals surface area contributed by atoms with E-state index in [0.717, 1.165) is 4.52 Å². The lowest BCUT2D eigenvalue weighted by molar-refractivity contribution is 0.448. The number of nitrogens with zero attached hydrogens (tertiary/aromatic N) is 3. The van der Waals surface area contributed by atoms with Gasteiger partial charge in [-0.15, -0.1) is 5.10 Å². The fourth-order valence-electron chi connectivity index (χ4n) is 0.806. The third-order valence-electron chi connectivity index (χ3n) is 1.22. The molecule has 0 saturated carbocycles. The molecule has 0 aromatic carbocycles. The average Bonchev–Trinajstić information content (AvgIpc) is 2.38. The molecular formula is C4H5N5O2. The van der Waals surface area contributed by atoms with Crippen LogP contribution in [0.2, 0.25) is 0 Å². The van der Waals surface area contributed by atoms with E-state index in [1.54, 1.807) is 0 Å². The van der Waals surface area contributed by atoms with Gasteiger partial charge < -0.3 is 21.0 Å². The van der Waals surface area contributed by atoms with Crippen molar-refractivity contribution >= 4 is 17.7 Å². The lowest BCUT2D eigenvalue weighted by atomic mass is 10.8. The van der Waals surface area contributed by atoms with E-state index in [4.69, 9.17) is 21.0 Å². The number of nitrogens with two attached hydrogens (primary N) is 2. The van der Waals surface area contributed by atoms with Crippen LogP contribution < -0.4 is 11.5 Å². The van der Waals surface area contributed by atoms with Crippen molar-refractivity contribution in [1.29, 1.82) is 0 Å². The molecule has 0 atom stereocenters. The van der Waals surface area contributed by atoms with Crippen LogP contribution in [0.15, 0.2) is 4.42 Å². The Morgan fingerprint density at radius 2 is 2.18 bits per heavy atom. The van der Waals surface area contributed by atoms with Crippen LogP contribution in [0.5, 0.6) is 5.88 Å². The first-order valence-corrected chi connectivity index (χ1v) is 2.78. The Balaban J connectivity index is 2.92. The van der Waals surface area contributed by atoms with Crippen molar-refractivity contribution in [2.75, 3.05) is 11.5 Å². The molecule has 0 aliphatic rings. The lowest BCUT2D eigenvalue weighted by Gasteiger charge is -1.79. The largest absolute Gasteiger partial charge is 0.489 e. The Hall–Kier alpha value is -1.92. The summed E-state index contributed by atoms with van der Waals surface area (Å²) in [6, 6.07) is -0.0654. The van der Waals surface area contributed by atoms with E-state index >= 15 is 0 Å². The normalized spacial score (nSPS) is 10.9. The van der Waals surface area contributed by atoms with Crippen molar-refractivity contribution in [2.24, 2.45) is 0 Å². The Bertz CT molecular complexity index is 367. The number of hydrogen-bond donors (Lipinski definition) is 3. The summed E-state index contributed by atoms with van der Waals surface area (Å²) in [5.74, 6) is -0.273. The lowest BCUT2D eigenvalue weighted by Crippen LogP contribution is -1.95. The second-order valence-electron chi connectivity index (χ2n) is 1.95. The quantitative estimate of drug-likeness (QED) is 0.458. The third-order valence-corrected chi connectivity index (χ3v) is 1.22. The maximum atomic E-state index is 9.00. The highest BCUT2D eigenvalue weighted by molar-refractivity contribution is 5.52. The van der Waals surface area contributed by atoms with Gasteiger partial charge in [0, 0.05) is 0 Å². The molecule has 58 valence electrons. The SMILES string of the molecule is Nc1nn2c(N)nc(O)c2o1. The summed E-state index contributed by atoms with van der Waals surface area (Å²) < 4.78 is 5.87. The van der Waals surface area contributed by atoms with Gasteiger partial charge in [0.15, 0.2) is 0 Å². The van der Waals surface area contributed by atoms with E-state index in [1.165, 1.54) is 0 Å². The van der Waals surface area contributed by atoms with Crippen LogP contribution in [0.25, 0.3) is 5.71 Å². The second kappa shape index (κ2) is 1.57. The van der Waals surface area contributed by atoms with Crippen LogP contribution in [0.3, 0.4) is 0 Å². The van der Waals surface area contributed by atoms with Crippen molar-refractivity contribution in [3.63, 3.8) is 0 Å². The summed E-state index contributed by atoms with van der Waals surface area (Å²) in [5, 5.41) is 12.6. The van der Waals surface area contributed by atoms with Gasteiger partial charge in [0.1, 0.15) is 0 Å². The highest BCUT2D eigenvalue weighted by Gasteiger charge is 2.13. The van der Waals surface area contributed by atoms with Crippen molar-refractivity contribution in [3.8, 4) is 5.88 Å². The van der Waals surface area contributed by atoms with Gasteiger partial charge in [-0.2, -0.15) is 9.50 Å². The molecule has 2 rings (SSSR count). The van der Waals surface area contributed by atoms with E-state index < -0.39 is 0 Å². The van der Waals surface area contributed by atoms with Gasteiger partial charge in [-0.05, 0) is 0 Å². The highest BCUT2D eigenvalue weighted by Crippen LogP contribution is 2.21. The summed E-state index contributed by atoms with van der Waals surface area (Å²) in [6.45, 7) is 0. The number of anilines is 2. The first-order chi connectivity index (χ1) is 5.18. The minimum absolute atomic E-state index is 0.0398. The molecule has 7 nitrogen and oxygen atoms in total. The van der Waals surface area contributed by atoms with Gasteiger partial charge >= 0.3 is 6.01 Å². The molecule has 11 heavy (non-hydrogen) atoms. The highest BCUT2D eigenvalue weighted by atomic mass is 16.4. The minimum atomic E-state index is -0.313. The molecule has 0 aliphatic heterocycles. The Morgan fingerprint density at radius 1 is 1.45 bits per heavy atom. The summed E-state index contributed by atoms with van der Waals surface area (Å²) >= 11 is 0. The van der Waals surface area contributed by atoms with Crippen molar-refractivity contribution in [2.45, 2.75) is 0 Å².